The van der Waals surface area contributed by atoms with Crippen molar-refractivity contribution in [1.29, 1.82) is 0 Å². The first-order valence-corrected chi connectivity index (χ1v) is 10.2. The van der Waals surface area contributed by atoms with Gasteiger partial charge in [-0.15, -0.1) is 23.7 Å². The van der Waals surface area contributed by atoms with Crippen LogP contribution in [0.1, 0.15) is 62.7 Å². The van der Waals surface area contributed by atoms with Crippen LogP contribution in [0.2, 0.25) is 0 Å². The van der Waals surface area contributed by atoms with E-state index in [0.717, 1.165) is 32.0 Å². The summed E-state index contributed by atoms with van der Waals surface area (Å²) >= 11 is 1.86. The van der Waals surface area contributed by atoms with Gasteiger partial charge in [0, 0.05) is 23.3 Å². The number of amides is 1. The average Bonchev–Trinajstić information content (AvgIpc) is 3.15. The van der Waals surface area contributed by atoms with Gasteiger partial charge in [-0.05, 0) is 62.6 Å². The van der Waals surface area contributed by atoms with Gasteiger partial charge in [0.25, 0.3) is 0 Å². The van der Waals surface area contributed by atoms with Crippen LogP contribution in [0.5, 0.6) is 0 Å². The Morgan fingerprint density at radius 3 is 2.67 bits per heavy atom. The fraction of sp³-hybridized carbons (Fsp3) is 0.737. The number of halogens is 1. The van der Waals surface area contributed by atoms with Crippen LogP contribution in [0.3, 0.4) is 0 Å². The molecule has 5 heteroatoms. The van der Waals surface area contributed by atoms with Crippen molar-refractivity contribution in [2.45, 2.75) is 63.2 Å². The summed E-state index contributed by atoms with van der Waals surface area (Å²) in [5, 5.41) is 8.84. The summed E-state index contributed by atoms with van der Waals surface area (Å²) in [6.07, 6.45) is 10.6. The van der Waals surface area contributed by atoms with Crippen LogP contribution in [0, 0.1) is 5.92 Å². The molecule has 3 rings (SSSR count). The Balaban J connectivity index is 0.00000208. The molecule has 24 heavy (non-hydrogen) atoms. The van der Waals surface area contributed by atoms with Crippen molar-refractivity contribution in [2.75, 3.05) is 19.6 Å². The molecule has 1 aromatic heterocycles. The highest BCUT2D eigenvalue weighted by Gasteiger charge is 2.35. The lowest BCUT2D eigenvalue weighted by Crippen LogP contribution is -2.41. The monoisotopic (exact) mass is 370 g/mol. The Labute approximate surface area is 156 Å². The maximum atomic E-state index is 12.3. The summed E-state index contributed by atoms with van der Waals surface area (Å²) in [6, 6.07) is 4.41. The number of rotatable bonds is 6. The van der Waals surface area contributed by atoms with Gasteiger partial charge in [-0.25, -0.2) is 0 Å². The zero-order chi connectivity index (χ0) is 16.0. The molecule has 0 bridgehead atoms. The molecule has 1 saturated carbocycles. The van der Waals surface area contributed by atoms with Crippen molar-refractivity contribution in [3.63, 3.8) is 0 Å². The Hall–Kier alpha value is -0.580. The molecule has 0 radical (unpaired) electrons. The molecule has 2 N–H and O–H groups in total. The van der Waals surface area contributed by atoms with E-state index in [4.69, 9.17) is 0 Å². The average molecular weight is 371 g/mol. The molecule has 3 nitrogen and oxygen atoms in total. The third-order valence-corrected chi connectivity index (χ3v) is 6.83. The third-order valence-electron chi connectivity index (χ3n) is 5.72. The first-order chi connectivity index (χ1) is 11.3. The predicted molar refractivity (Wildman–Crippen MR) is 104 cm³/mol. The summed E-state index contributed by atoms with van der Waals surface area (Å²) in [5.74, 6) is 0.993. The van der Waals surface area contributed by atoms with E-state index in [2.05, 4.69) is 28.1 Å². The molecule has 2 aliphatic rings. The highest BCUT2D eigenvalue weighted by molar-refractivity contribution is 7.10. The second-order valence-electron chi connectivity index (χ2n) is 7.33. The van der Waals surface area contributed by atoms with Crippen LogP contribution in [0.15, 0.2) is 17.5 Å². The topological polar surface area (TPSA) is 41.1 Å². The van der Waals surface area contributed by atoms with Gasteiger partial charge in [0.2, 0.25) is 5.91 Å². The minimum atomic E-state index is 0. The minimum absolute atomic E-state index is 0. The Kier molecular flexibility index (Phi) is 8.05. The summed E-state index contributed by atoms with van der Waals surface area (Å²) < 4.78 is 0. The molecule has 0 spiro atoms. The molecule has 1 amide bonds. The highest BCUT2D eigenvalue weighted by atomic mass is 35.5. The van der Waals surface area contributed by atoms with E-state index >= 15 is 0 Å². The zero-order valence-electron chi connectivity index (χ0n) is 14.5. The standard InChI is InChI=1S/C19H30N2OS.ClH/c22-18(7-6-16-8-12-20-13-9-16)21-15-19(10-2-1-3-11-19)17-5-4-14-23-17;/h4-5,14,16,20H,1-3,6-13,15H2,(H,21,22);1H. The maximum Gasteiger partial charge on any atom is 0.220 e. The van der Waals surface area contributed by atoms with Gasteiger partial charge in [-0.2, -0.15) is 0 Å². The smallest absolute Gasteiger partial charge is 0.220 e. The molecule has 0 aromatic carbocycles. The van der Waals surface area contributed by atoms with Gasteiger partial charge in [0.05, 0.1) is 0 Å². The van der Waals surface area contributed by atoms with Crippen LogP contribution in [0.25, 0.3) is 0 Å². The number of hydrogen-bond acceptors (Lipinski definition) is 3. The summed E-state index contributed by atoms with van der Waals surface area (Å²) in [7, 11) is 0. The molecule has 136 valence electrons. The molecule has 2 fully saturated rings. The van der Waals surface area contributed by atoms with Crippen LogP contribution >= 0.6 is 23.7 Å². The molecule has 0 atom stereocenters. The van der Waals surface area contributed by atoms with E-state index < -0.39 is 0 Å². The van der Waals surface area contributed by atoms with E-state index in [1.165, 1.54) is 49.8 Å². The van der Waals surface area contributed by atoms with Crippen molar-refractivity contribution in [3.05, 3.63) is 22.4 Å². The van der Waals surface area contributed by atoms with E-state index in [-0.39, 0.29) is 23.7 Å². The first-order valence-electron chi connectivity index (χ1n) is 9.30. The van der Waals surface area contributed by atoms with Crippen molar-refractivity contribution in [2.24, 2.45) is 5.92 Å². The van der Waals surface area contributed by atoms with Crippen LogP contribution in [0.4, 0.5) is 0 Å². The fourth-order valence-electron chi connectivity index (χ4n) is 4.18. The fourth-order valence-corrected chi connectivity index (χ4v) is 5.17. The van der Waals surface area contributed by atoms with Crippen molar-refractivity contribution in [1.82, 2.24) is 10.6 Å². The predicted octanol–water partition coefficient (Wildman–Crippen LogP) is 4.27. The SMILES string of the molecule is Cl.O=C(CCC1CCNCC1)NCC1(c2cccs2)CCCCC1. The maximum absolute atomic E-state index is 12.3. The van der Waals surface area contributed by atoms with Crippen molar-refractivity contribution >= 4 is 29.7 Å². The number of hydrogen-bond donors (Lipinski definition) is 2. The Bertz CT molecular complexity index is 480. The lowest BCUT2D eigenvalue weighted by Gasteiger charge is -2.37. The lowest BCUT2D eigenvalue weighted by atomic mass is 9.73. The Morgan fingerprint density at radius 2 is 2.00 bits per heavy atom. The summed E-state index contributed by atoms with van der Waals surface area (Å²) in [6.45, 7) is 3.07. The van der Waals surface area contributed by atoms with Gasteiger partial charge in [-0.3, -0.25) is 4.79 Å². The second-order valence-corrected chi connectivity index (χ2v) is 8.27. The highest BCUT2D eigenvalue weighted by Crippen LogP contribution is 2.41. The van der Waals surface area contributed by atoms with Gasteiger partial charge < -0.3 is 10.6 Å². The molecule has 2 heterocycles. The first kappa shape index (κ1) is 19.7. The van der Waals surface area contributed by atoms with Crippen molar-refractivity contribution < 1.29 is 4.79 Å². The van der Waals surface area contributed by atoms with Gasteiger partial charge in [-0.1, -0.05) is 25.3 Å². The second kappa shape index (κ2) is 9.79. The van der Waals surface area contributed by atoms with Gasteiger partial charge >= 0.3 is 0 Å². The quantitative estimate of drug-likeness (QED) is 0.785. The summed E-state index contributed by atoms with van der Waals surface area (Å²) in [4.78, 5) is 13.8. The number of carbonyl (C=O) groups is 1. The number of nitrogens with one attached hydrogen (secondary N) is 2. The molecule has 1 aromatic rings. The molecule has 1 saturated heterocycles. The van der Waals surface area contributed by atoms with E-state index in [0.29, 0.717) is 6.42 Å². The molecule has 1 aliphatic carbocycles. The van der Waals surface area contributed by atoms with Gasteiger partial charge in [0.15, 0.2) is 0 Å². The molecule has 1 aliphatic heterocycles. The zero-order valence-corrected chi connectivity index (χ0v) is 16.2. The molecular weight excluding hydrogens is 340 g/mol. The minimum Gasteiger partial charge on any atom is -0.355 e. The van der Waals surface area contributed by atoms with E-state index in [9.17, 15) is 4.79 Å². The van der Waals surface area contributed by atoms with E-state index in [1.807, 2.05) is 11.3 Å². The number of piperidine rings is 1. The third kappa shape index (κ3) is 5.21. The summed E-state index contributed by atoms with van der Waals surface area (Å²) in [5.41, 5.74) is 0.205. The van der Waals surface area contributed by atoms with Crippen LogP contribution in [-0.4, -0.2) is 25.5 Å². The largest absolute Gasteiger partial charge is 0.355 e. The van der Waals surface area contributed by atoms with Crippen LogP contribution < -0.4 is 10.6 Å². The number of carbonyl (C=O) groups excluding carboxylic acids is 1. The Morgan fingerprint density at radius 1 is 1.25 bits per heavy atom. The van der Waals surface area contributed by atoms with Crippen LogP contribution in [-0.2, 0) is 10.2 Å². The lowest BCUT2D eigenvalue weighted by molar-refractivity contribution is -0.121. The van der Waals surface area contributed by atoms with E-state index in [1.54, 1.807) is 0 Å². The molecular formula is C19H31ClN2OS. The normalized spacial score (nSPS) is 21.0. The molecule has 0 unspecified atom stereocenters. The van der Waals surface area contributed by atoms with Crippen molar-refractivity contribution in [3.8, 4) is 0 Å². The number of thiophene rings is 1. The van der Waals surface area contributed by atoms with Gasteiger partial charge in [0.1, 0.15) is 0 Å².